The first-order chi connectivity index (χ1) is 15.9. The quantitative estimate of drug-likeness (QED) is 0.741. The van der Waals surface area contributed by atoms with Gasteiger partial charge in [-0.2, -0.15) is 0 Å². The average Bonchev–Trinajstić information content (AvgIpc) is 3.15. The molecule has 3 N–H and O–H groups in total. The molecule has 5 rings (SSSR count). The fourth-order valence-corrected chi connectivity index (χ4v) is 5.71. The number of primary amides is 1. The van der Waals surface area contributed by atoms with Crippen molar-refractivity contribution in [2.24, 2.45) is 11.1 Å². The smallest absolute Gasteiger partial charge is 0.248 e. The van der Waals surface area contributed by atoms with Gasteiger partial charge in [0.15, 0.2) is 0 Å². The molecule has 1 aliphatic carbocycles. The molecule has 33 heavy (non-hydrogen) atoms. The van der Waals surface area contributed by atoms with Crippen molar-refractivity contribution in [2.75, 3.05) is 24.5 Å². The summed E-state index contributed by atoms with van der Waals surface area (Å²) in [5.74, 6) is 0.478. The number of amides is 2. The number of aliphatic hydroxyl groups is 1. The van der Waals surface area contributed by atoms with Crippen LogP contribution in [0.5, 0.6) is 0 Å². The topological polar surface area (TPSA) is 113 Å². The van der Waals surface area contributed by atoms with Gasteiger partial charge >= 0.3 is 0 Å². The third-order valence-electron chi connectivity index (χ3n) is 7.65. The monoisotopic (exact) mass is 449 g/mol. The van der Waals surface area contributed by atoms with E-state index in [1.54, 1.807) is 24.5 Å². The first-order valence-electron chi connectivity index (χ1n) is 11.9. The van der Waals surface area contributed by atoms with Crippen LogP contribution in [0.2, 0.25) is 0 Å². The molecular formula is C25H31N5O3. The van der Waals surface area contributed by atoms with Crippen LogP contribution in [0.3, 0.4) is 0 Å². The molecule has 2 aromatic rings. The summed E-state index contributed by atoms with van der Waals surface area (Å²) in [6.07, 6.45) is 9.50. The van der Waals surface area contributed by atoms with Crippen molar-refractivity contribution in [3.63, 3.8) is 0 Å². The van der Waals surface area contributed by atoms with Gasteiger partial charge in [-0.25, -0.2) is 9.97 Å². The lowest BCUT2D eigenvalue weighted by Gasteiger charge is -2.40. The minimum Gasteiger partial charge on any atom is -0.393 e. The molecule has 1 saturated carbocycles. The average molecular weight is 450 g/mol. The number of carbonyl (C=O) groups excluding carboxylic acids is 2. The maximum absolute atomic E-state index is 13.5. The van der Waals surface area contributed by atoms with Crippen LogP contribution in [0.15, 0.2) is 36.7 Å². The van der Waals surface area contributed by atoms with Gasteiger partial charge in [0, 0.05) is 49.2 Å². The molecule has 3 heterocycles. The summed E-state index contributed by atoms with van der Waals surface area (Å²) in [5.41, 5.74) is 7.22. The first-order valence-corrected chi connectivity index (χ1v) is 11.9. The molecule has 3 aliphatic rings. The number of anilines is 1. The van der Waals surface area contributed by atoms with Gasteiger partial charge in [0.05, 0.1) is 11.5 Å². The number of aromatic nitrogens is 2. The van der Waals surface area contributed by atoms with Crippen molar-refractivity contribution in [3.05, 3.63) is 42.2 Å². The van der Waals surface area contributed by atoms with Crippen LogP contribution in [-0.2, 0) is 4.79 Å². The van der Waals surface area contributed by atoms with Crippen molar-refractivity contribution in [1.29, 1.82) is 0 Å². The zero-order valence-electron chi connectivity index (χ0n) is 18.8. The Kier molecular flexibility index (Phi) is 5.78. The lowest BCUT2D eigenvalue weighted by atomic mass is 9.78. The number of rotatable bonds is 4. The van der Waals surface area contributed by atoms with E-state index in [2.05, 4.69) is 19.8 Å². The summed E-state index contributed by atoms with van der Waals surface area (Å²) in [5, 5.41) is 9.82. The summed E-state index contributed by atoms with van der Waals surface area (Å²) in [6, 6.07) is 7.34. The Balaban J connectivity index is 1.28. The summed E-state index contributed by atoms with van der Waals surface area (Å²) in [4.78, 5) is 38.2. The second-order valence-corrected chi connectivity index (χ2v) is 9.73. The van der Waals surface area contributed by atoms with Crippen LogP contribution >= 0.6 is 0 Å². The lowest BCUT2D eigenvalue weighted by molar-refractivity contribution is -0.139. The molecule has 1 aromatic carbocycles. The molecule has 3 fully saturated rings. The number of nitrogens with two attached hydrogens (primary N) is 1. The van der Waals surface area contributed by atoms with E-state index >= 15 is 0 Å². The summed E-state index contributed by atoms with van der Waals surface area (Å²) < 4.78 is 0. The van der Waals surface area contributed by atoms with Gasteiger partial charge in [-0.05, 0) is 62.6 Å². The largest absolute Gasteiger partial charge is 0.393 e. The van der Waals surface area contributed by atoms with Crippen molar-refractivity contribution in [3.8, 4) is 11.1 Å². The third kappa shape index (κ3) is 4.19. The molecule has 0 radical (unpaired) electrons. The van der Waals surface area contributed by atoms with E-state index in [-0.39, 0.29) is 23.5 Å². The molecule has 1 unspecified atom stereocenters. The van der Waals surface area contributed by atoms with Gasteiger partial charge in [0.25, 0.3) is 0 Å². The van der Waals surface area contributed by atoms with Gasteiger partial charge in [-0.3, -0.25) is 9.59 Å². The van der Waals surface area contributed by atoms with E-state index in [0.717, 1.165) is 69.2 Å². The number of benzene rings is 1. The maximum Gasteiger partial charge on any atom is 0.248 e. The van der Waals surface area contributed by atoms with Crippen LogP contribution in [0.1, 0.15) is 55.3 Å². The molecule has 8 nitrogen and oxygen atoms in total. The Bertz CT molecular complexity index is 1020. The molecule has 1 aromatic heterocycles. The normalized spacial score (nSPS) is 27.8. The number of likely N-dealkylation sites (tertiary alicyclic amines) is 1. The molecular weight excluding hydrogens is 418 g/mol. The van der Waals surface area contributed by atoms with E-state index in [0.29, 0.717) is 18.1 Å². The Labute approximate surface area is 193 Å². The van der Waals surface area contributed by atoms with E-state index in [9.17, 15) is 14.7 Å². The fourth-order valence-electron chi connectivity index (χ4n) is 5.71. The van der Waals surface area contributed by atoms with Gasteiger partial charge in [-0.15, -0.1) is 0 Å². The number of hydrogen-bond acceptors (Lipinski definition) is 6. The van der Waals surface area contributed by atoms with E-state index in [1.165, 1.54) is 0 Å². The Morgan fingerprint density at radius 3 is 2.36 bits per heavy atom. The maximum atomic E-state index is 13.5. The number of nitrogens with zero attached hydrogens (tertiary/aromatic N) is 4. The number of carbonyl (C=O) groups is 2. The highest BCUT2D eigenvalue weighted by Crippen LogP contribution is 2.43. The molecule has 1 atom stereocenters. The molecule has 2 aliphatic heterocycles. The number of piperidine rings is 1. The van der Waals surface area contributed by atoms with Crippen molar-refractivity contribution in [2.45, 2.75) is 57.1 Å². The van der Waals surface area contributed by atoms with Gasteiger partial charge in [-0.1, -0.05) is 12.1 Å². The highest BCUT2D eigenvalue weighted by molar-refractivity contribution is 5.93. The number of aliphatic hydroxyl groups excluding tert-OH is 1. The van der Waals surface area contributed by atoms with E-state index in [1.807, 2.05) is 12.1 Å². The zero-order chi connectivity index (χ0) is 23.0. The second-order valence-electron chi connectivity index (χ2n) is 9.73. The first kappa shape index (κ1) is 21.8. The van der Waals surface area contributed by atoms with Crippen molar-refractivity contribution in [1.82, 2.24) is 14.9 Å². The highest BCUT2D eigenvalue weighted by Gasteiger charge is 2.51. The predicted octanol–water partition coefficient (Wildman–Crippen LogP) is 2.36. The van der Waals surface area contributed by atoms with Crippen LogP contribution in [-0.4, -0.2) is 63.6 Å². The molecule has 0 bridgehead atoms. The third-order valence-corrected chi connectivity index (χ3v) is 7.65. The van der Waals surface area contributed by atoms with Crippen LogP contribution < -0.4 is 10.6 Å². The zero-order valence-corrected chi connectivity index (χ0v) is 18.8. The second kappa shape index (κ2) is 8.74. The SMILES string of the molecule is NC(=O)c1ccc(-c2cnc(N3CCCC4(CCN(C5CCC(O)CC5)C4=O)C3)nc2)cc1. The fraction of sp³-hybridized carbons (Fsp3) is 0.520. The lowest BCUT2D eigenvalue weighted by Crippen LogP contribution is -2.50. The van der Waals surface area contributed by atoms with E-state index in [4.69, 9.17) is 5.73 Å². The minimum atomic E-state index is -0.451. The molecule has 2 saturated heterocycles. The molecule has 2 amide bonds. The minimum absolute atomic E-state index is 0.209. The Morgan fingerprint density at radius 2 is 1.70 bits per heavy atom. The summed E-state index contributed by atoms with van der Waals surface area (Å²) in [6.45, 7) is 2.32. The molecule has 8 heteroatoms. The number of hydrogen-bond donors (Lipinski definition) is 2. The standard InChI is InChI=1S/C25H31N5O3/c26-22(32)18-4-2-17(3-5-18)19-14-27-24(28-15-19)29-12-1-10-25(16-29)11-13-30(23(25)33)20-6-8-21(31)9-7-20/h2-5,14-15,20-21,31H,1,6-13,16H2,(H2,26,32). The van der Waals surface area contributed by atoms with Gasteiger partial charge in [0.1, 0.15) is 0 Å². The van der Waals surface area contributed by atoms with Gasteiger partial charge < -0.3 is 20.6 Å². The van der Waals surface area contributed by atoms with Crippen molar-refractivity contribution < 1.29 is 14.7 Å². The Morgan fingerprint density at radius 1 is 1.00 bits per heavy atom. The predicted molar refractivity (Wildman–Crippen MR) is 124 cm³/mol. The molecule has 174 valence electrons. The van der Waals surface area contributed by atoms with Crippen molar-refractivity contribution >= 4 is 17.8 Å². The summed E-state index contributed by atoms with van der Waals surface area (Å²) >= 11 is 0. The van der Waals surface area contributed by atoms with Crippen LogP contribution in [0.4, 0.5) is 5.95 Å². The molecule has 1 spiro atoms. The van der Waals surface area contributed by atoms with E-state index < -0.39 is 5.91 Å². The van der Waals surface area contributed by atoms with Crippen LogP contribution in [0, 0.1) is 5.41 Å². The highest BCUT2D eigenvalue weighted by atomic mass is 16.3. The summed E-state index contributed by atoms with van der Waals surface area (Å²) in [7, 11) is 0. The van der Waals surface area contributed by atoms with Crippen LogP contribution in [0.25, 0.3) is 11.1 Å². The Hall–Kier alpha value is -3.00. The van der Waals surface area contributed by atoms with Gasteiger partial charge in [0.2, 0.25) is 17.8 Å².